The Bertz CT molecular complexity index is 1410. The number of ether oxygens (including phenoxy) is 3. The maximum atomic E-state index is 13.5. The fraction of sp³-hybridized carbons (Fsp3) is 0.394. The number of imidazole rings is 1. The van der Waals surface area contributed by atoms with Gasteiger partial charge in [0.05, 0.1) is 32.4 Å². The van der Waals surface area contributed by atoms with E-state index < -0.39 is 0 Å². The van der Waals surface area contributed by atoms with Gasteiger partial charge in [-0.2, -0.15) is 0 Å². The first-order valence-corrected chi connectivity index (χ1v) is 14.5. The molecule has 1 fully saturated rings. The van der Waals surface area contributed by atoms with E-state index in [1.807, 2.05) is 31.3 Å². The third-order valence-electron chi connectivity index (χ3n) is 8.14. The SMILES string of the molecule is COc1cc(C(=O)N(C)CC(CCN2CCC(Nc3nc4ccccc4[nH]3)CC2)c2ccccc2)cc(OC)c1OC. The van der Waals surface area contributed by atoms with Crippen molar-refractivity contribution in [2.45, 2.75) is 31.2 Å². The summed E-state index contributed by atoms with van der Waals surface area (Å²) in [5.41, 5.74) is 3.78. The average molecular weight is 572 g/mol. The summed E-state index contributed by atoms with van der Waals surface area (Å²) in [4.78, 5) is 25.9. The Morgan fingerprint density at radius 3 is 2.31 bits per heavy atom. The van der Waals surface area contributed by atoms with Crippen molar-refractivity contribution >= 4 is 22.9 Å². The highest BCUT2D eigenvalue weighted by Crippen LogP contribution is 2.38. The quantitative estimate of drug-likeness (QED) is 0.235. The summed E-state index contributed by atoms with van der Waals surface area (Å²) in [5, 5.41) is 3.60. The Labute approximate surface area is 247 Å². The summed E-state index contributed by atoms with van der Waals surface area (Å²) in [7, 11) is 6.52. The minimum Gasteiger partial charge on any atom is -0.493 e. The molecule has 0 radical (unpaired) electrons. The molecule has 5 rings (SSSR count). The number of nitrogens with zero attached hydrogens (tertiary/aromatic N) is 3. The zero-order valence-corrected chi connectivity index (χ0v) is 24.9. The highest BCUT2D eigenvalue weighted by molar-refractivity contribution is 5.95. The normalized spacial score (nSPS) is 14.9. The van der Waals surface area contributed by atoms with Crippen LogP contribution in [0, 0.1) is 0 Å². The molecule has 1 unspecified atom stereocenters. The van der Waals surface area contributed by atoms with Gasteiger partial charge in [-0.25, -0.2) is 4.98 Å². The number of aromatic amines is 1. The molecule has 1 aliphatic heterocycles. The minimum atomic E-state index is -0.0901. The summed E-state index contributed by atoms with van der Waals surface area (Å²) in [5.74, 6) is 2.36. The lowest BCUT2D eigenvalue weighted by Crippen LogP contribution is -2.40. The van der Waals surface area contributed by atoms with Gasteiger partial charge in [-0.1, -0.05) is 42.5 Å². The molecule has 0 aliphatic carbocycles. The number of piperidine rings is 1. The van der Waals surface area contributed by atoms with Crippen LogP contribution in [-0.4, -0.2) is 86.3 Å². The third-order valence-corrected chi connectivity index (χ3v) is 8.14. The Hall–Kier alpha value is -4.24. The van der Waals surface area contributed by atoms with Crippen LogP contribution in [0.25, 0.3) is 11.0 Å². The number of aromatic nitrogens is 2. The van der Waals surface area contributed by atoms with Crippen LogP contribution >= 0.6 is 0 Å². The number of amides is 1. The summed E-state index contributed by atoms with van der Waals surface area (Å²) in [6, 6.07) is 22.4. The number of methoxy groups -OCH3 is 3. The largest absolute Gasteiger partial charge is 0.493 e. The van der Waals surface area contributed by atoms with Crippen molar-refractivity contribution < 1.29 is 19.0 Å². The van der Waals surface area contributed by atoms with Crippen molar-refractivity contribution in [1.82, 2.24) is 19.8 Å². The zero-order valence-electron chi connectivity index (χ0n) is 24.9. The molecule has 2 N–H and O–H groups in total. The molecule has 1 saturated heterocycles. The zero-order chi connectivity index (χ0) is 29.5. The molecule has 3 aromatic carbocycles. The molecule has 4 aromatic rings. The van der Waals surface area contributed by atoms with Gasteiger partial charge in [0.1, 0.15) is 0 Å². The number of rotatable bonds is 12. The molecule has 1 amide bonds. The Morgan fingerprint density at radius 1 is 1.00 bits per heavy atom. The second-order valence-electron chi connectivity index (χ2n) is 10.9. The van der Waals surface area contributed by atoms with Crippen LogP contribution in [0.4, 0.5) is 5.95 Å². The van der Waals surface area contributed by atoms with Crippen molar-refractivity contribution in [3.8, 4) is 17.2 Å². The van der Waals surface area contributed by atoms with E-state index in [9.17, 15) is 4.79 Å². The fourth-order valence-electron chi connectivity index (χ4n) is 5.78. The molecule has 0 spiro atoms. The number of fused-ring (bicyclic) bond motifs is 1. The molecule has 9 heteroatoms. The number of anilines is 1. The lowest BCUT2D eigenvalue weighted by Gasteiger charge is -2.33. The van der Waals surface area contributed by atoms with E-state index in [4.69, 9.17) is 14.2 Å². The standard InChI is InChI=1S/C33H41N5O4/c1-37(32(39)25-20-29(40-2)31(42-4)30(21-25)41-3)22-24(23-10-6-5-7-11-23)14-17-38-18-15-26(16-19-38)34-33-35-27-12-8-9-13-28(27)36-33/h5-13,20-21,24,26H,14-19,22H2,1-4H3,(H2,34,35,36). The van der Waals surface area contributed by atoms with Crippen molar-refractivity contribution in [2.75, 3.05) is 59.9 Å². The van der Waals surface area contributed by atoms with Crippen LogP contribution in [-0.2, 0) is 0 Å². The van der Waals surface area contributed by atoms with Crippen LogP contribution < -0.4 is 19.5 Å². The summed E-state index contributed by atoms with van der Waals surface area (Å²) in [6.07, 6.45) is 3.08. The van der Waals surface area contributed by atoms with E-state index in [0.29, 0.717) is 35.4 Å². The van der Waals surface area contributed by atoms with Crippen molar-refractivity contribution in [2.24, 2.45) is 0 Å². The minimum absolute atomic E-state index is 0.0901. The first-order valence-electron chi connectivity index (χ1n) is 14.5. The van der Waals surface area contributed by atoms with Crippen molar-refractivity contribution in [1.29, 1.82) is 0 Å². The van der Waals surface area contributed by atoms with Gasteiger partial charge in [0.15, 0.2) is 11.5 Å². The smallest absolute Gasteiger partial charge is 0.253 e. The number of carbonyl (C=O) groups is 1. The number of benzene rings is 3. The van der Waals surface area contributed by atoms with Gasteiger partial charge in [0, 0.05) is 44.2 Å². The van der Waals surface area contributed by atoms with Gasteiger partial charge in [-0.05, 0) is 55.6 Å². The van der Waals surface area contributed by atoms with Gasteiger partial charge >= 0.3 is 0 Å². The lowest BCUT2D eigenvalue weighted by molar-refractivity contribution is 0.0781. The molecule has 222 valence electrons. The highest BCUT2D eigenvalue weighted by atomic mass is 16.5. The molecule has 1 atom stereocenters. The Kier molecular flexibility index (Phi) is 9.48. The topological polar surface area (TPSA) is 92.0 Å². The van der Waals surface area contributed by atoms with E-state index in [0.717, 1.165) is 55.9 Å². The molecule has 9 nitrogen and oxygen atoms in total. The molecular weight excluding hydrogens is 530 g/mol. The number of carbonyl (C=O) groups excluding carboxylic acids is 1. The number of hydrogen-bond donors (Lipinski definition) is 2. The van der Waals surface area contributed by atoms with E-state index in [-0.39, 0.29) is 11.8 Å². The predicted octanol–water partition coefficient (Wildman–Crippen LogP) is 5.41. The van der Waals surface area contributed by atoms with Crippen molar-refractivity contribution in [3.05, 3.63) is 77.9 Å². The molecular formula is C33H41N5O4. The first kappa shape index (κ1) is 29.3. The molecule has 42 heavy (non-hydrogen) atoms. The Morgan fingerprint density at radius 2 is 1.67 bits per heavy atom. The monoisotopic (exact) mass is 571 g/mol. The van der Waals surface area contributed by atoms with Gasteiger partial charge in [0.25, 0.3) is 5.91 Å². The van der Waals surface area contributed by atoms with E-state index in [1.165, 1.54) is 5.56 Å². The van der Waals surface area contributed by atoms with E-state index in [1.54, 1.807) is 38.4 Å². The lowest BCUT2D eigenvalue weighted by atomic mass is 9.94. The second kappa shape index (κ2) is 13.6. The molecule has 0 saturated carbocycles. The first-order chi connectivity index (χ1) is 20.5. The predicted molar refractivity (Wildman–Crippen MR) is 166 cm³/mol. The number of hydrogen-bond acceptors (Lipinski definition) is 7. The summed E-state index contributed by atoms with van der Waals surface area (Å²) in [6.45, 7) is 3.63. The highest BCUT2D eigenvalue weighted by Gasteiger charge is 2.24. The van der Waals surface area contributed by atoms with Crippen LogP contribution in [0.1, 0.15) is 41.1 Å². The van der Waals surface area contributed by atoms with Crippen LogP contribution in [0.15, 0.2) is 66.7 Å². The fourth-order valence-corrected chi connectivity index (χ4v) is 5.78. The summed E-state index contributed by atoms with van der Waals surface area (Å²) < 4.78 is 16.4. The number of nitrogens with one attached hydrogen (secondary N) is 2. The summed E-state index contributed by atoms with van der Waals surface area (Å²) >= 11 is 0. The van der Waals surface area contributed by atoms with Crippen LogP contribution in [0.2, 0.25) is 0 Å². The second-order valence-corrected chi connectivity index (χ2v) is 10.9. The van der Waals surface area contributed by atoms with Crippen molar-refractivity contribution in [3.63, 3.8) is 0 Å². The molecule has 1 aliphatic rings. The Balaban J connectivity index is 1.19. The maximum Gasteiger partial charge on any atom is 0.253 e. The van der Waals surface area contributed by atoms with Gasteiger partial charge < -0.3 is 34.3 Å². The number of likely N-dealkylation sites (tertiary alicyclic amines) is 1. The van der Waals surface area contributed by atoms with Gasteiger partial charge in [0.2, 0.25) is 11.7 Å². The molecule has 2 heterocycles. The molecule has 1 aromatic heterocycles. The molecule has 0 bridgehead atoms. The van der Waals surface area contributed by atoms with E-state index in [2.05, 4.69) is 50.5 Å². The van der Waals surface area contributed by atoms with Crippen LogP contribution in [0.5, 0.6) is 17.2 Å². The average Bonchev–Trinajstić information content (AvgIpc) is 3.45. The number of H-pyrrole nitrogens is 1. The maximum absolute atomic E-state index is 13.5. The van der Waals surface area contributed by atoms with Gasteiger partial charge in [-0.3, -0.25) is 4.79 Å². The third kappa shape index (κ3) is 6.79. The van der Waals surface area contributed by atoms with Gasteiger partial charge in [-0.15, -0.1) is 0 Å². The number of likely N-dealkylation sites (N-methyl/N-ethyl adjacent to an activating group) is 1. The van der Waals surface area contributed by atoms with Crippen LogP contribution in [0.3, 0.4) is 0 Å². The van der Waals surface area contributed by atoms with E-state index >= 15 is 0 Å². The number of para-hydroxylation sites is 2.